The van der Waals surface area contributed by atoms with Crippen LogP contribution in [0, 0.1) is 0 Å². The largest absolute Gasteiger partial charge is 0.384 e. The number of nitrogens with zero attached hydrogens (tertiary/aromatic N) is 3. The Bertz CT molecular complexity index is 763. The molecule has 0 spiro atoms. The number of anilines is 3. The lowest BCUT2D eigenvalue weighted by Gasteiger charge is -2.05. The Balaban J connectivity index is 1.57. The van der Waals surface area contributed by atoms with E-state index in [2.05, 4.69) is 38.9 Å². The number of hydrogen-bond donors (Lipinski definition) is 2. The summed E-state index contributed by atoms with van der Waals surface area (Å²) in [6, 6.07) is 16.3. The van der Waals surface area contributed by atoms with E-state index in [1.54, 1.807) is 11.0 Å². The first kappa shape index (κ1) is 12.0. The van der Waals surface area contributed by atoms with Crippen molar-refractivity contribution in [3.8, 4) is 5.69 Å². The van der Waals surface area contributed by atoms with Crippen molar-refractivity contribution in [2.45, 2.75) is 6.42 Å². The third-order valence-electron chi connectivity index (χ3n) is 3.59. The van der Waals surface area contributed by atoms with Crippen LogP contribution in [0.3, 0.4) is 0 Å². The number of nitrogens with one attached hydrogen (secondary N) is 2. The van der Waals surface area contributed by atoms with Gasteiger partial charge < -0.3 is 10.6 Å². The number of fused-ring (bicyclic) bond motifs is 1. The van der Waals surface area contributed by atoms with Gasteiger partial charge in [0.15, 0.2) is 0 Å². The van der Waals surface area contributed by atoms with Crippen LogP contribution in [0.15, 0.2) is 54.9 Å². The summed E-state index contributed by atoms with van der Waals surface area (Å²) in [5.74, 6) is 0.594. The number of rotatable bonds is 3. The highest BCUT2D eigenvalue weighted by molar-refractivity contribution is 5.66. The molecule has 1 aliphatic heterocycles. The lowest BCUT2D eigenvalue weighted by molar-refractivity contribution is 0.882. The minimum atomic E-state index is 0.594. The Morgan fingerprint density at radius 1 is 1.10 bits per heavy atom. The molecular weight excluding hydrogens is 262 g/mol. The molecule has 5 heteroatoms. The molecule has 21 heavy (non-hydrogen) atoms. The smallest absolute Gasteiger partial charge is 0.246 e. The van der Waals surface area contributed by atoms with Crippen molar-refractivity contribution in [1.29, 1.82) is 0 Å². The highest BCUT2D eigenvalue weighted by Gasteiger charge is 2.10. The summed E-state index contributed by atoms with van der Waals surface area (Å²) in [4.78, 5) is 4.30. The van der Waals surface area contributed by atoms with Crippen molar-refractivity contribution in [2.75, 3.05) is 17.2 Å². The predicted molar refractivity (Wildman–Crippen MR) is 83.3 cm³/mol. The van der Waals surface area contributed by atoms with Crippen molar-refractivity contribution >= 4 is 17.3 Å². The number of benzene rings is 2. The molecule has 0 radical (unpaired) electrons. The van der Waals surface area contributed by atoms with Crippen LogP contribution in [-0.4, -0.2) is 21.3 Å². The molecule has 0 fully saturated rings. The van der Waals surface area contributed by atoms with Crippen LogP contribution >= 0.6 is 0 Å². The summed E-state index contributed by atoms with van der Waals surface area (Å²) in [7, 11) is 0. The molecule has 0 bridgehead atoms. The van der Waals surface area contributed by atoms with Gasteiger partial charge in [-0.2, -0.15) is 4.98 Å². The summed E-state index contributed by atoms with van der Waals surface area (Å²) < 4.78 is 1.76. The van der Waals surface area contributed by atoms with E-state index in [1.165, 1.54) is 11.3 Å². The average Bonchev–Trinajstić information content (AvgIpc) is 3.17. The molecule has 2 aromatic carbocycles. The van der Waals surface area contributed by atoms with Crippen molar-refractivity contribution < 1.29 is 0 Å². The van der Waals surface area contributed by atoms with Crippen LogP contribution in [0.1, 0.15) is 5.56 Å². The first-order valence-electron chi connectivity index (χ1n) is 6.99. The highest BCUT2D eigenvalue weighted by atomic mass is 15.4. The van der Waals surface area contributed by atoms with Crippen LogP contribution in [0.4, 0.5) is 17.3 Å². The Morgan fingerprint density at radius 3 is 2.90 bits per heavy atom. The van der Waals surface area contributed by atoms with E-state index in [-0.39, 0.29) is 0 Å². The van der Waals surface area contributed by atoms with E-state index in [0.717, 1.165) is 24.3 Å². The Labute approximate surface area is 122 Å². The topological polar surface area (TPSA) is 54.8 Å². The van der Waals surface area contributed by atoms with Crippen LogP contribution in [-0.2, 0) is 6.42 Å². The second-order valence-corrected chi connectivity index (χ2v) is 5.02. The van der Waals surface area contributed by atoms with E-state index >= 15 is 0 Å². The zero-order valence-electron chi connectivity index (χ0n) is 11.5. The van der Waals surface area contributed by atoms with Gasteiger partial charge in [0.2, 0.25) is 5.95 Å². The zero-order chi connectivity index (χ0) is 14.1. The van der Waals surface area contributed by atoms with E-state index in [4.69, 9.17) is 0 Å². The summed E-state index contributed by atoms with van der Waals surface area (Å²) in [5, 5.41) is 11.1. The fraction of sp³-hybridized carbons (Fsp3) is 0.125. The van der Waals surface area contributed by atoms with Gasteiger partial charge in [-0.3, -0.25) is 0 Å². The molecule has 5 nitrogen and oxygen atoms in total. The molecule has 1 aliphatic rings. The quantitative estimate of drug-likeness (QED) is 0.773. The molecule has 0 saturated heterocycles. The predicted octanol–water partition coefficient (Wildman–Crippen LogP) is 2.98. The first-order valence-corrected chi connectivity index (χ1v) is 6.99. The molecule has 1 aromatic heterocycles. The van der Waals surface area contributed by atoms with Crippen LogP contribution in [0.5, 0.6) is 0 Å². The fourth-order valence-electron chi connectivity index (χ4n) is 2.52. The molecule has 2 N–H and O–H groups in total. The molecule has 2 heterocycles. The summed E-state index contributed by atoms with van der Waals surface area (Å²) >= 11 is 0. The van der Waals surface area contributed by atoms with Gasteiger partial charge in [-0.15, -0.1) is 5.10 Å². The van der Waals surface area contributed by atoms with Gasteiger partial charge in [0.1, 0.15) is 6.33 Å². The maximum absolute atomic E-state index is 4.44. The third-order valence-corrected chi connectivity index (χ3v) is 3.59. The molecular formula is C16H15N5. The molecule has 4 rings (SSSR count). The van der Waals surface area contributed by atoms with E-state index < -0.39 is 0 Å². The van der Waals surface area contributed by atoms with Gasteiger partial charge in [0, 0.05) is 17.9 Å². The molecule has 0 saturated carbocycles. The minimum absolute atomic E-state index is 0.594. The van der Waals surface area contributed by atoms with Gasteiger partial charge >= 0.3 is 0 Å². The van der Waals surface area contributed by atoms with Crippen LogP contribution in [0.25, 0.3) is 5.69 Å². The van der Waals surface area contributed by atoms with E-state index in [0.29, 0.717) is 5.95 Å². The van der Waals surface area contributed by atoms with Crippen molar-refractivity contribution in [3.05, 3.63) is 60.4 Å². The second kappa shape index (κ2) is 4.94. The molecule has 0 unspecified atom stereocenters. The Hall–Kier alpha value is -2.82. The van der Waals surface area contributed by atoms with Gasteiger partial charge in [0.25, 0.3) is 0 Å². The molecule has 0 aliphatic carbocycles. The van der Waals surface area contributed by atoms with E-state index in [9.17, 15) is 0 Å². The number of aromatic nitrogens is 3. The third kappa shape index (κ3) is 2.33. The van der Waals surface area contributed by atoms with Crippen molar-refractivity contribution in [1.82, 2.24) is 14.8 Å². The number of hydrogen-bond acceptors (Lipinski definition) is 4. The SMILES string of the molecule is c1ccc(-n2cnc(Nc3ccc4c(c3)NCC4)n2)cc1. The average molecular weight is 277 g/mol. The molecule has 104 valence electrons. The van der Waals surface area contributed by atoms with Gasteiger partial charge in [-0.1, -0.05) is 24.3 Å². The minimum Gasteiger partial charge on any atom is -0.384 e. The molecule has 0 amide bonds. The van der Waals surface area contributed by atoms with Crippen molar-refractivity contribution in [2.24, 2.45) is 0 Å². The first-order chi connectivity index (χ1) is 10.4. The molecule has 0 atom stereocenters. The fourth-order valence-corrected chi connectivity index (χ4v) is 2.52. The van der Waals surface area contributed by atoms with Crippen molar-refractivity contribution in [3.63, 3.8) is 0 Å². The molecule has 3 aromatic rings. The lowest BCUT2D eigenvalue weighted by Crippen LogP contribution is -1.97. The standard InChI is InChI=1S/C16H15N5/c1-2-4-14(5-3-1)21-11-18-16(20-21)19-13-7-6-12-8-9-17-15(12)10-13/h1-7,10-11,17H,8-9H2,(H,19,20). The van der Waals surface area contributed by atoms with Gasteiger partial charge in [-0.05, 0) is 36.2 Å². The zero-order valence-corrected chi connectivity index (χ0v) is 11.5. The summed E-state index contributed by atoms with van der Waals surface area (Å²) in [6.07, 6.45) is 2.81. The normalized spacial score (nSPS) is 12.8. The maximum Gasteiger partial charge on any atom is 0.246 e. The monoisotopic (exact) mass is 277 g/mol. The van der Waals surface area contributed by atoms with Crippen LogP contribution < -0.4 is 10.6 Å². The highest BCUT2D eigenvalue weighted by Crippen LogP contribution is 2.26. The van der Waals surface area contributed by atoms with E-state index in [1.807, 2.05) is 30.3 Å². The number of para-hydroxylation sites is 1. The maximum atomic E-state index is 4.44. The van der Waals surface area contributed by atoms with Crippen LogP contribution in [0.2, 0.25) is 0 Å². The summed E-state index contributed by atoms with van der Waals surface area (Å²) in [5.41, 5.74) is 4.55. The second-order valence-electron chi connectivity index (χ2n) is 5.02. The Morgan fingerprint density at radius 2 is 2.00 bits per heavy atom. The summed E-state index contributed by atoms with van der Waals surface area (Å²) in [6.45, 7) is 1.01. The lowest BCUT2D eigenvalue weighted by atomic mass is 10.1. The van der Waals surface area contributed by atoms with Gasteiger partial charge in [-0.25, -0.2) is 4.68 Å². The van der Waals surface area contributed by atoms with Gasteiger partial charge in [0.05, 0.1) is 5.69 Å². The Kier molecular flexibility index (Phi) is 2.81.